The SMILES string of the molecule is COc1ccc(NC(=O)C(C)N2CCN(Cc3csc4ccccc34)CC2)cc1. The molecule has 0 spiro atoms. The Balaban J connectivity index is 1.29. The molecule has 0 bridgehead atoms. The van der Waals surface area contributed by atoms with E-state index in [2.05, 4.69) is 44.8 Å². The Morgan fingerprint density at radius 1 is 1.10 bits per heavy atom. The fourth-order valence-electron chi connectivity index (χ4n) is 3.79. The minimum Gasteiger partial charge on any atom is -0.497 e. The number of rotatable bonds is 6. The van der Waals surface area contributed by atoms with Crippen LogP contribution in [0.15, 0.2) is 53.9 Å². The monoisotopic (exact) mass is 409 g/mol. The van der Waals surface area contributed by atoms with E-state index in [-0.39, 0.29) is 11.9 Å². The lowest BCUT2D eigenvalue weighted by molar-refractivity contribution is -0.121. The Kier molecular flexibility index (Phi) is 6.13. The average molecular weight is 410 g/mol. The normalized spacial score (nSPS) is 16.6. The number of carbonyl (C=O) groups excluding carboxylic acids is 1. The number of amides is 1. The van der Waals surface area contributed by atoms with Gasteiger partial charge in [-0.25, -0.2) is 0 Å². The van der Waals surface area contributed by atoms with E-state index in [1.165, 1.54) is 15.6 Å². The molecule has 3 aromatic rings. The summed E-state index contributed by atoms with van der Waals surface area (Å²) in [5, 5.41) is 6.66. The molecule has 1 fully saturated rings. The number of thiophene rings is 1. The van der Waals surface area contributed by atoms with Crippen molar-refractivity contribution in [2.24, 2.45) is 0 Å². The van der Waals surface area contributed by atoms with Crippen molar-refractivity contribution in [3.8, 4) is 5.75 Å². The van der Waals surface area contributed by atoms with Gasteiger partial charge in [0.25, 0.3) is 0 Å². The van der Waals surface area contributed by atoms with Crippen molar-refractivity contribution >= 4 is 33.0 Å². The molecule has 1 amide bonds. The van der Waals surface area contributed by atoms with Gasteiger partial charge in [0, 0.05) is 43.1 Å². The molecular formula is C23H27N3O2S. The first-order valence-corrected chi connectivity index (χ1v) is 10.9. The van der Waals surface area contributed by atoms with E-state index in [1.54, 1.807) is 7.11 Å². The maximum absolute atomic E-state index is 12.7. The smallest absolute Gasteiger partial charge is 0.241 e. The molecule has 1 aromatic heterocycles. The molecule has 1 N–H and O–H groups in total. The fraction of sp³-hybridized carbons (Fsp3) is 0.348. The minimum absolute atomic E-state index is 0.0347. The zero-order valence-electron chi connectivity index (χ0n) is 16.9. The molecule has 0 radical (unpaired) electrons. The van der Waals surface area contributed by atoms with E-state index >= 15 is 0 Å². The summed E-state index contributed by atoms with van der Waals surface area (Å²) < 4.78 is 6.51. The van der Waals surface area contributed by atoms with Gasteiger partial charge in [0.2, 0.25) is 5.91 Å². The largest absolute Gasteiger partial charge is 0.497 e. The number of carbonyl (C=O) groups is 1. The van der Waals surface area contributed by atoms with Crippen LogP contribution in [-0.2, 0) is 11.3 Å². The lowest BCUT2D eigenvalue weighted by atomic mass is 10.1. The maximum atomic E-state index is 12.7. The summed E-state index contributed by atoms with van der Waals surface area (Å²) in [6.45, 7) is 6.72. The molecular weight excluding hydrogens is 382 g/mol. The van der Waals surface area contributed by atoms with Crippen molar-refractivity contribution in [3.05, 3.63) is 59.5 Å². The summed E-state index contributed by atoms with van der Waals surface area (Å²) in [7, 11) is 1.64. The molecule has 5 nitrogen and oxygen atoms in total. The third kappa shape index (κ3) is 4.61. The van der Waals surface area contributed by atoms with E-state index < -0.39 is 0 Å². The van der Waals surface area contributed by atoms with Crippen molar-refractivity contribution in [1.29, 1.82) is 0 Å². The zero-order valence-corrected chi connectivity index (χ0v) is 17.7. The quantitative estimate of drug-likeness (QED) is 0.667. The van der Waals surface area contributed by atoms with Crippen molar-refractivity contribution in [2.75, 3.05) is 38.6 Å². The second-order valence-corrected chi connectivity index (χ2v) is 8.37. The number of methoxy groups -OCH3 is 1. The van der Waals surface area contributed by atoms with Gasteiger partial charge in [-0.1, -0.05) is 18.2 Å². The molecule has 1 aliphatic rings. The Labute approximate surface area is 175 Å². The zero-order chi connectivity index (χ0) is 20.2. The van der Waals surface area contributed by atoms with Crippen LogP contribution in [0, 0.1) is 0 Å². The van der Waals surface area contributed by atoms with Crippen LogP contribution in [0.5, 0.6) is 5.75 Å². The predicted molar refractivity (Wildman–Crippen MR) is 120 cm³/mol. The molecule has 0 aliphatic carbocycles. The maximum Gasteiger partial charge on any atom is 0.241 e. The van der Waals surface area contributed by atoms with E-state index in [0.717, 1.165) is 44.2 Å². The van der Waals surface area contributed by atoms with Crippen LogP contribution < -0.4 is 10.1 Å². The van der Waals surface area contributed by atoms with Gasteiger partial charge >= 0.3 is 0 Å². The molecule has 2 aromatic carbocycles. The van der Waals surface area contributed by atoms with Gasteiger partial charge in [-0.3, -0.25) is 14.6 Å². The molecule has 1 aliphatic heterocycles. The summed E-state index contributed by atoms with van der Waals surface area (Å²) in [5.41, 5.74) is 2.20. The van der Waals surface area contributed by atoms with E-state index in [1.807, 2.05) is 42.5 Å². The molecule has 1 unspecified atom stereocenters. The summed E-state index contributed by atoms with van der Waals surface area (Å²) >= 11 is 1.82. The third-order valence-electron chi connectivity index (χ3n) is 5.65. The van der Waals surface area contributed by atoms with E-state index in [9.17, 15) is 4.79 Å². The first kappa shape index (κ1) is 19.9. The van der Waals surface area contributed by atoms with Crippen molar-refractivity contribution in [1.82, 2.24) is 9.80 Å². The number of hydrogen-bond acceptors (Lipinski definition) is 5. The van der Waals surface area contributed by atoms with Gasteiger partial charge in [0.1, 0.15) is 5.75 Å². The van der Waals surface area contributed by atoms with Crippen LogP contribution in [-0.4, -0.2) is 55.0 Å². The lowest BCUT2D eigenvalue weighted by Crippen LogP contribution is -2.52. The van der Waals surface area contributed by atoms with Gasteiger partial charge in [0.05, 0.1) is 13.2 Å². The van der Waals surface area contributed by atoms with Crippen molar-refractivity contribution in [2.45, 2.75) is 19.5 Å². The average Bonchev–Trinajstić information content (AvgIpc) is 3.17. The summed E-state index contributed by atoms with van der Waals surface area (Å²) in [4.78, 5) is 17.4. The second kappa shape index (κ2) is 8.95. The number of hydrogen-bond donors (Lipinski definition) is 1. The molecule has 1 saturated heterocycles. The van der Waals surface area contributed by atoms with Gasteiger partial charge in [0.15, 0.2) is 0 Å². The van der Waals surface area contributed by atoms with Crippen molar-refractivity contribution < 1.29 is 9.53 Å². The molecule has 2 heterocycles. The van der Waals surface area contributed by atoms with Gasteiger partial charge in [-0.05, 0) is 53.6 Å². The van der Waals surface area contributed by atoms with Gasteiger partial charge in [-0.2, -0.15) is 0 Å². The fourth-order valence-corrected chi connectivity index (χ4v) is 4.75. The number of anilines is 1. The summed E-state index contributed by atoms with van der Waals surface area (Å²) in [6, 6.07) is 15.9. The van der Waals surface area contributed by atoms with Crippen LogP contribution in [0.2, 0.25) is 0 Å². The highest BCUT2D eigenvalue weighted by molar-refractivity contribution is 7.17. The van der Waals surface area contributed by atoms with Crippen LogP contribution >= 0.6 is 11.3 Å². The highest BCUT2D eigenvalue weighted by Crippen LogP contribution is 2.27. The molecule has 0 saturated carbocycles. The predicted octanol–water partition coefficient (Wildman–Crippen LogP) is 4.05. The van der Waals surface area contributed by atoms with Gasteiger partial charge < -0.3 is 10.1 Å². The Bertz CT molecular complexity index is 962. The van der Waals surface area contributed by atoms with E-state index in [4.69, 9.17) is 4.74 Å². The number of benzene rings is 2. The minimum atomic E-state index is -0.152. The third-order valence-corrected chi connectivity index (χ3v) is 6.66. The molecule has 4 rings (SSSR count). The van der Waals surface area contributed by atoms with Crippen LogP contribution in [0.3, 0.4) is 0 Å². The highest BCUT2D eigenvalue weighted by Gasteiger charge is 2.26. The second-order valence-electron chi connectivity index (χ2n) is 7.46. The summed E-state index contributed by atoms with van der Waals surface area (Å²) in [6.07, 6.45) is 0. The summed E-state index contributed by atoms with van der Waals surface area (Å²) in [5.74, 6) is 0.818. The number of nitrogens with one attached hydrogen (secondary N) is 1. The Morgan fingerprint density at radius 2 is 1.83 bits per heavy atom. The number of nitrogens with zero attached hydrogens (tertiary/aromatic N) is 2. The topological polar surface area (TPSA) is 44.8 Å². The molecule has 6 heteroatoms. The van der Waals surface area contributed by atoms with Crippen LogP contribution in [0.1, 0.15) is 12.5 Å². The number of ether oxygens (including phenoxy) is 1. The van der Waals surface area contributed by atoms with Gasteiger partial charge in [-0.15, -0.1) is 11.3 Å². The lowest BCUT2D eigenvalue weighted by Gasteiger charge is -2.37. The highest BCUT2D eigenvalue weighted by atomic mass is 32.1. The Morgan fingerprint density at radius 3 is 2.55 bits per heavy atom. The first-order valence-electron chi connectivity index (χ1n) is 10.0. The van der Waals surface area contributed by atoms with E-state index in [0.29, 0.717) is 0 Å². The first-order chi connectivity index (χ1) is 14.1. The number of fused-ring (bicyclic) bond motifs is 1. The molecule has 1 atom stereocenters. The molecule has 152 valence electrons. The Hall–Kier alpha value is -2.41. The number of piperazine rings is 1. The standard InChI is InChI=1S/C23H27N3O2S/c1-17(23(27)24-19-7-9-20(28-2)10-8-19)26-13-11-25(12-14-26)15-18-16-29-22-6-4-3-5-21(18)22/h3-10,16-17H,11-15H2,1-2H3,(H,24,27). The molecule has 29 heavy (non-hydrogen) atoms. The van der Waals surface area contributed by atoms with Crippen LogP contribution in [0.4, 0.5) is 5.69 Å². The van der Waals surface area contributed by atoms with Crippen molar-refractivity contribution in [3.63, 3.8) is 0 Å². The van der Waals surface area contributed by atoms with Crippen LogP contribution in [0.25, 0.3) is 10.1 Å².